The Balaban J connectivity index is 1.58. The van der Waals surface area contributed by atoms with Crippen molar-refractivity contribution in [2.45, 2.75) is 46.2 Å². The first kappa shape index (κ1) is 14.2. The van der Waals surface area contributed by atoms with Gasteiger partial charge in [0.2, 0.25) is 0 Å². The molecule has 1 aliphatic rings. The van der Waals surface area contributed by atoms with Crippen LogP contribution < -0.4 is 0 Å². The highest BCUT2D eigenvalue weighted by atomic mass is 16.5. The van der Waals surface area contributed by atoms with E-state index < -0.39 is 0 Å². The normalized spacial score (nSPS) is 15.4. The molecule has 0 amide bonds. The van der Waals surface area contributed by atoms with Crippen LogP contribution in [0.25, 0.3) is 0 Å². The maximum atomic E-state index is 5.73. The molecule has 6 heteroatoms. The summed E-state index contributed by atoms with van der Waals surface area (Å²) in [6.45, 7) is 8.31. The molecule has 0 aliphatic carbocycles. The molecular weight excluding hydrogens is 266 g/mol. The van der Waals surface area contributed by atoms with Gasteiger partial charge in [-0.1, -0.05) is 6.07 Å². The van der Waals surface area contributed by atoms with Gasteiger partial charge in [0.1, 0.15) is 12.4 Å². The lowest BCUT2D eigenvalue weighted by atomic mass is 10.2. The van der Waals surface area contributed by atoms with Crippen molar-refractivity contribution in [2.24, 2.45) is 0 Å². The molecule has 1 aliphatic heterocycles. The molecule has 3 rings (SSSR count). The van der Waals surface area contributed by atoms with Crippen LogP contribution in [0.5, 0.6) is 0 Å². The molecule has 0 atom stereocenters. The van der Waals surface area contributed by atoms with E-state index in [9.17, 15) is 0 Å². The number of fused-ring (bicyclic) bond motifs is 1. The predicted molar refractivity (Wildman–Crippen MR) is 78.3 cm³/mol. The maximum absolute atomic E-state index is 5.73. The molecule has 6 nitrogen and oxygen atoms in total. The van der Waals surface area contributed by atoms with Gasteiger partial charge < -0.3 is 9.30 Å². The lowest BCUT2D eigenvalue weighted by Crippen LogP contribution is -2.38. The quantitative estimate of drug-likeness (QED) is 0.836. The lowest BCUT2D eigenvalue weighted by molar-refractivity contribution is 0.0957. The van der Waals surface area contributed by atoms with Gasteiger partial charge in [0.25, 0.3) is 0 Å². The zero-order chi connectivity index (χ0) is 14.7. The van der Waals surface area contributed by atoms with Gasteiger partial charge in [0.15, 0.2) is 5.82 Å². The molecule has 21 heavy (non-hydrogen) atoms. The van der Waals surface area contributed by atoms with Crippen molar-refractivity contribution in [3.63, 3.8) is 0 Å². The van der Waals surface area contributed by atoms with Gasteiger partial charge in [-0.05, 0) is 25.5 Å². The van der Waals surface area contributed by atoms with Crippen LogP contribution in [0, 0.1) is 0 Å². The minimum atomic E-state index is 0.490. The molecular formula is C15H21N5O. The van der Waals surface area contributed by atoms with Crippen molar-refractivity contribution < 1.29 is 4.74 Å². The third-order valence-electron chi connectivity index (χ3n) is 3.81. The highest BCUT2D eigenvalue weighted by molar-refractivity contribution is 5.07. The van der Waals surface area contributed by atoms with Crippen LogP contribution in [0.3, 0.4) is 0 Å². The SMILES string of the molecule is CC(C)N1CCn2c(COCc3cccnc3)nnc2C1. The second kappa shape index (κ2) is 6.32. The Morgan fingerprint density at radius 2 is 2.14 bits per heavy atom. The predicted octanol–water partition coefficient (Wildman–Crippen LogP) is 1.61. The van der Waals surface area contributed by atoms with E-state index in [0.717, 1.165) is 36.8 Å². The number of ether oxygens (including phenoxy) is 1. The Hall–Kier alpha value is -1.79. The average Bonchev–Trinajstić information content (AvgIpc) is 2.91. The Labute approximate surface area is 124 Å². The Morgan fingerprint density at radius 1 is 1.24 bits per heavy atom. The smallest absolute Gasteiger partial charge is 0.159 e. The van der Waals surface area contributed by atoms with Gasteiger partial charge in [0.05, 0.1) is 13.2 Å². The molecule has 0 N–H and O–H groups in total. The first-order valence-electron chi connectivity index (χ1n) is 7.35. The van der Waals surface area contributed by atoms with E-state index in [-0.39, 0.29) is 0 Å². The summed E-state index contributed by atoms with van der Waals surface area (Å²) >= 11 is 0. The maximum Gasteiger partial charge on any atom is 0.159 e. The van der Waals surface area contributed by atoms with E-state index >= 15 is 0 Å². The third-order valence-corrected chi connectivity index (χ3v) is 3.81. The fourth-order valence-corrected chi connectivity index (χ4v) is 2.53. The van der Waals surface area contributed by atoms with Gasteiger partial charge >= 0.3 is 0 Å². The summed E-state index contributed by atoms with van der Waals surface area (Å²) in [6, 6.07) is 4.46. The molecule has 0 spiro atoms. The van der Waals surface area contributed by atoms with Gasteiger partial charge in [-0.25, -0.2) is 0 Å². The molecule has 0 aromatic carbocycles. The molecule has 0 bridgehead atoms. The molecule has 0 saturated heterocycles. The molecule has 2 aromatic heterocycles. The first-order valence-corrected chi connectivity index (χ1v) is 7.35. The van der Waals surface area contributed by atoms with Crippen molar-refractivity contribution >= 4 is 0 Å². The van der Waals surface area contributed by atoms with Gasteiger partial charge in [-0.3, -0.25) is 9.88 Å². The van der Waals surface area contributed by atoms with Gasteiger partial charge in [-0.15, -0.1) is 10.2 Å². The Kier molecular flexibility index (Phi) is 4.26. The lowest BCUT2D eigenvalue weighted by Gasteiger charge is -2.30. The van der Waals surface area contributed by atoms with Gasteiger partial charge in [0, 0.05) is 31.5 Å². The van der Waals surface area contributed by atoms with Gasteiger partial charge in [-0.2, -0.15) is 0 Å². The number of pyridine rings is 1. The first-order chi connectivity index (χ1) is 10.2. The van der Waals surface area contributed by atoms with Crippen LogP contribution in [0.15, 0.2) is 24.5 Å². The molecule has 2 aromatic rings. The average molecular weight is 287 g/mol. The summed E-state index contributed by atoms with van der Waals surface area (Å²) in [5.74, 6) is 1.95. The Morgan fingerprint density at radius 3 is 2.90 bits per heavy atom. The summed E-state index contributed by atoms with van der Waals surface area (Å²) in [6.07, 6.45) is 3.58. The van der Waals surface area contributed by atoms with Crippen LogP contribution >= 0.6 is 0 Å². The second-order valence-corrected chi connectivity index (χ2v) is 5.60. The van der Waals surface area contributed by atoms with Crippen LogP contribution in [0.2, 0.25) is 0 Å². The van der Waals surface area contributed by atoms with E-state index in [4.69, 9.17) is 4.74 Å². The topological polar surface area (TPSA) is 56.1 Å². The van der Waals surface area contributed by atoms with Crippen molar-refractivity contribution in [3.05, 3.63) is 41.7 Å². The molecule has 0 radical (unpaired) electrons. The highest BCUT2D eigenvalue weighted by Crippen LogP contribution is 2.15. The zero-order valence-corrected chi connectivity index (χ0v) is 12.6. The molecule has 112 valence electrons. The number of nitrogens with zero attached hydrogens (tertiary/aromatic N) is 5. The van der Waals surface area contributed by atoms with Crippen molar-refractivity contribution in [3.8, 4) is 0 Å². The molecule has 0 saturated carbocycles. The minimum absolute atomic E-state index is 0.490. The van der Waals surface area contributed by atoms with Crippen molar-refractivity contribution in [1.29, 1.82) is 0 Å². The second-order valence-electron chi connectivity index (χ2n) is 5.60. The van der Waals surface area contributed by atoms with Crippen LogP contribution in [0.4, 0.5) is 0 Å². The zero-order valence-electron chi connectivity index (χ0n) is 12.6. The summed E-state index contributed by atoms with van der Waals surface area (Å²) in [5, 5.41) is 8.56. The standard InChI is InChI=1S/C15H21N5O/c1-12(2)19-6-7-20-14(9-19)17-18-15(20)11-21-10-13-4-3-5-16-8-13/h3-5,8,12H,6-7,9-11H2,1-2H3. The minimum Gasteiger partial charge on any atom is -0.369 e. The van der Waals surface area contributed by atoms with Crippen LogP contribution in [-0.4, -0.2) is 37.2 Å². The molecule has 0 fully saturated rings. The molecule has 0 unspecified atom stereocenters. The monoisotopic (exact) mass is 287 g/mol. The third kappa shape index (κ3) is 3.28. The van der Waals surface area contributed by atoms with Crippen molar-refractivity contribution in [2.75, 3.05) is 6.54 Å². The van der Waals surface area contributed by atoms with E-state index in [0.29, 0.717) is 19.3 Å². The van der Waals surface area contributed by atoms with Crippen LogP contribution in [0.1, 0.15) is 31.1 Å². The highest BCUT2D eigenvalue weighted by Gasteiger charge is 2.22. The summed E-state index contributed by atoms with van der Waals surface area (Å²) in [7, 11) is 0. The van der Waals surface area contributed by atoms with E-state index in [2.05, 4.69) is 38.5 Å². The number of aromatic nitrogens is 4. The van der Waals surface area contributed by atoms with E-state index in [1.165, 1.54) is 0 Å². The van der Waals surface area contributed by atoms with Crippen molar-refractivity contribution in [1.82, 2.24) is 24.6 Å². The fourth-order valence-electron chi connectivity index (χ4n) is 2.53. The Bertz CT molecular complexity index is 581. The van der Waals surface area contributed by atoms with E-state index in [1.54, 1.807) is 6.20 Å². The summed E-state index contributed by atoms with van der Waals surface area (Å²) < 4.78 is 7.91. The number of hydrogen-bond acceptors (Lipinski definition) is 5. The molecule has 3 heterocycles. The van der Waals surface area contributed by atoms with E-state index in [1.807, 2.05) is 18.3 Å². The largest absolute Gasteiger partial charge is 0.369 e. The van der Waals surface area contributed by atoms with Crippen LogP contribution in [-0.2, 0) is 31.0 Å². The number of rotatable bonds is 5. The fraction of sp³-hybridized carbons (Fsp3) is 0.533. The number of hydrogen-bond donors (Lipinski definition) is 0. The summed E-state index contributed by atoms with van der Waals surface area (Å²) in [5.41, 5.74) is 1.07. The summed E-state index contributed by atoms with van der Waals surface area (Å²) in [4.78, 5) is 6.48.